The van der Waals surface area contributed by atoms with Gasteiger partial charge < -0.3 is 14.8 Å². The largest absolute Gasteiger partial charge is 0.490 e. The van der Waals surface area contributed by atoms with Gasteiger partial charge in [-0.3, -0.25) is 4.79 Å². The van der Waals surface area contributed by atoms with Crippen LogP contribution in [0.2, 0.25) is 15.1 Å². The molecule has 0 radical (unpaired) electrons. The van der Waals surface area contributed by atoms with E-state index in [1.165, 1.54) is 12.1 Å². The van der Waals surface area contributed by atoms with Gasteiger partial charge in [-0.2, -0.15) is 5.26 Å². The van der Waals surface area contributed by atoms with Crippen molar-refractivity contribution in [3.8, 4) is 17.6 Å². The number of ether oxygens (including phenoxy) is 2. The Morgan fingerprint density at radius 3 is 2.52 bits per heavy atom. The number of hydrogen-bond donors (Lipinski definition) is 1. The first-order valence-corrected chi connectivity index (χ1v) is 11.0. The number of rotatable bonds is 8. The van der Waals surface area contributed by atoms with Crippen molar-refractivity contribution in [1.82, 2.24) is 0 Å². The summed E-state index contributed by atoms with van der Waals surface area (Å²) in [5.74, 6) is 0.410. The van der Waals surface area contributed by atoms with E-state index in [0.717, 1.165) is 5.56 Å². The van der Waals surface area contributed by atoms with Gasteiger partial charge in [-0.1, -0.05) is 53.0 Å². The van der Waals surface area contributed by atoms with Crippen molar-refractivity contribution in [2.24, 2.45) is 0 Å². The van der Waals surface area contributed by atoms with E-state index in [9.17, 15) is 10.1 Å². The van der Waals surface area contributed by atoms with E-state index in [1.807, 2.05) is 31.2 Å². The number of benzene rings is 3. The summed E-state index contributed by atoms with van der Waals surface area (Å²) < 4.78 is 11.6. The van der Waals surface area contributed by atoms with Crippen LogP contribution in [0.15, 0.2) is 66.2 Å². The van der Waals surface area contributed by atoms with Crippen molar-refractivity contribution in [3.05, 3.63) is 92.4 Å². The molecule has 0 fully saturated rings. The molecule has 3 aromatic rings. The second-order valence-electron chi connectivity index (χ2n) is 6.81. The van der Waals surface area contributed by atoms with Gasteiger partial charge in [0.1, 0.15) is 18.2 Å². The highest BCUT2D eigenvalue weighted by Crippen LogP contribution is 2.31. The molecule has 0 aromatic heterocycles. The van der Waals surface area contributed by atoms with E-state index in [-0.39, 0.29) is 5.57 Å². The van der Waals surface area contributed by atoms with Gasteiger partial charge in [0.25, 0.3) is 5.91 Å². The highest BCUT2D eigenvalue weighted by atomic mass is 35.5. The molecule has 5 nitrogen and oxygen atoms in total. The first-order chi connectivity index (χ1) is 15.9. The quantitative estimate of drug-likeness (QED) is 0.262. The molecule has 0 saturated carbocycles. The highest BCUT2D eigenvalue weighted by molar-refractivity contribution is 6.36. The molecule has 0 bridgehead atoms. The first-order valence-electron chi connectivity index (χ1n) is 9.92. The lowest BCUT2D eigenvalue weighted by Gasteiger charge is -2.13. The van der Waals surface area contributed by atoms with E-state index >= 15 is 0 Å². The predicted octanol–water partition coefficient (Wildman–Crippen LogP) is 7.17. The lowest BCUT2D eigenvalue weighted by atomic mass is 10.1. The number of carbonyl (C=O) groups excluding carboxylic acids is 1. The van der Waals surface area contributed by atoms with Gasteiger partial charge in [-0.25, -0.2) is 0 Å². The summed E-state index contributed by atoms with van der Waals surface area (Å²) in [6, 6.07) is 19.1. The Bertz CT molecular complexity index is 1240. The number of nitriles is 1. The van der Waals surface area contributed by atoms with Crippen LogP contribution in [0.3, 0.4) is 0 Å². The molecule has 168 valence electrons. The molecular formula is C25H19Cl3N2O3. The third-order valence-corrected chi connectivity index (χ3v) is 5.20. The van der Waals surface area contributed by atoms with Gasteiger partial charge in [0.15, 0.2) is 11.5 Å². The average Bonchev–Trinajstić information content (AvgIpc) is 2.79. The molecule has 1 N–H and O–H groups in total. The Hall–Kier alpha value is -3.17. The van der Waals surface area contributed by atoms with Crippen LogP contribution >= 0.6 is 34.8 Å². The minimum atomic E-state index is -0.610. The van der Waals surface area contributed by atoms with Gasteiger partial charge in [0.2, 0.25) is 0 Å². The number of anilines is 1. The monoisotopic (exact) mass is 500 g/mol. The molecule has 0 spiro atoms. The van der Waals surface area contributed by atoms with Crippen LogP contribution in [0.5, 0.6) is 11.5 Å². The van der Waals surface area contributed by atoms with E-state index in [4.69, 9.17) is 44.3 Å². The van der Waals surface area contributed by atoms with Crippen LogP contribution in [0.25, 0.3) is 6.08 Å². The summed E-state index contributed by atoms with van der Waals surface area (Å²) in [4.78, 5) is 12.6. The van der Waals surface area contributed by atoms with Crippen molar-refractivity contribution in [2.45, 2.75) is 13.5 Å². The van der Waals surface area contributed by atoms with E-state index in [1.54, 1.807) is 36.4 Å². The number of nitrogens with zero attached hydrogens (tertiary/aromatic N) is 1. The van der Waals surface area contributed by atoms with Gasteiger partial charge in [0, 0.05) is 10.0 Å². The summed E-state index contributed by atoms with van der Waals surface area (Å²) in [5, 5.41) is 13.5. The van der Waals surface area contributed by atoms with Crippen molar-refractivity contribution < 1.29 is 14.3 Å². The van der Waals surface area contributed by atoms with Gasteiger partial charge in [-0.05, 0) is 66.6 Å². The summed E-state index contributed by atoms with van der Waals surface area (Å²) in [7, 11) is 0. The molecule has 3 aromatic carbocycles. The van der Waals surface area contributed by atoms with E-state index in [0.29, 0.717) is 51.0 Å². The molecule has 1 amide bonds. The fourth-order valence-electron chi connectivity index (χ4n) is 2.89. The molecule has 0 aliphatic rings. The maximum absolute atomic E-state index is 12.6. The molecular weight excluding hydrogens is 483 g/mol. The molecule has 0 atom stereocenters. The molecule has 3 rings (SSSR count). The predicted molar refractivity (Wildman–Crippen MR) is 132 cm³/mol. The number of nitrogens with one attached hydrogen (secondary N) is 1. The number of amides is 1. The number of carbonyl (C=O) groups is 1. The lowest BCUT2D eigenvalue weighted by Crippen LogP contribution is -2.13. The summed E-state index contributed by atoms with van der Waals surface area (Å²) in [5.41, 5.74) is 1.71. The van der Waals surface area contributed by atoms with Crippen LogP contribution < -0.4 is 14.8 Å². The molecule has 0 heterocycles. The van der Waals surface area contributed by atoms with Crippen LogP contribution in [0, 0.1) is 11.3 Å². The smallest absolute Gasteiger partial charge is 0.266 e. The highest BCUT2D eigenvalue weighted by Gasteiger charge is 2.13. The fraction of sp³-hybridized carbons (Fsp3) is 0.120. The molecule has 0 saturated heterocycles. The van der Waals surface area contributed by atoms with Crippen LogP contribution in [-0.4, -0.2) is 12.5 Å². The summed E-state index contributed by atoms with van der Waals surface area (Å²) in [6.45, 7) is 2.58. The zero-order valence-corrected chi connectivity index (χ0v) is 19.8. The van der Waals surface area contributed by atoms with Gasteiger partial charge >= 0.3 is 0 Å². The van der Waals surface area contributed by atoms with Crippen LogP contribution in [0.1, 0.15) is 18.1 Å². The lowest BCUT2D eigenvalue weighted by molar-refractivity contribution is -0.112. The third-order valence-electron chi connectivity index (χ3n) is 4.40. The average molecular weight is 502 g/mol. The minimum Gasteiger partial charge on any atom is -0.490 e. The van der Waals surface area contributed by atoms with Crippen molar-refractivity contribution in [1.29, 1.82) is 5.26 Å². The van der Waals surface area contributed by atoms with Gasteiger partial charge in [-0.15, -0.1) is 0 Å². The maximum Gasteiger partial charge on any atom is 0.266 e. The first kappa shape index (κ1) is 24.5. The molecule has 33 heavy (non-hydrogen) atoms. The Kier molecular flexibility index (Phi) is 8.62. The Balaban J connectivity index is 1.80. The SMILES string of the molecule is CCOc1cc(/C=C(\C#N)C(=O)Nc2cc(Cl)ccc2Cl)ccc1OCc1cccc(Cl)c1. The molecule has 0 unspecified atom stereocenters. The van der Waals surface area contributed by atoms with Crippen molar-refractivity contribution in [2.75, 3.05) is 11.9 Å². The maximum atomic E-state index is 12.6. The molecule has 0 aliphatic heterocycles. The van der Waals surface area contributed by atoms with E-state index in [2.05, 4.69) is 5.32 Å². The van der Waals surface area contributed by atoms with E-state index < -0.39 is 5.91 Å². The second kappa shape index (κ2) is 11.6. The number of hydrogen-bond acceptors (Lipinski definition) is 4. The molecule has 0 aliphatic carbocycles. The Morgan fingerprint density at radius 1 is 1.00 bits per heavy atom. The normalized spacial score (nSPS) is 10.9. The standard InChI is InChI=1S/C25H19Cl3N2O3/c1-2-32-24-12-16(6-9-23(24)33-15-17-4-3-5-19(26)11-17)10-18(14-29)25(31)30-22-13-20(27)7-8-21(22)28/h3-13H,2,15H2,1H3,(H,30,31)/b18-10+. The molecule has 8 heteroatoms. The van der Waals surface area contributed by atoms with Crippen LogP contribution in [0.4, 0.5) is 5.69 Å². The fourth-order valence-corrected chi connectivity index (χ4v) is 3.44. The van der Waals surface area contributed by atoms with Crippen molar-refractivity contribution >= 4 is 52.5 Å². The minimum absolute atomic E-state index is 0.110. The zero-order chi connectivity index (χ0) is 23.8. The van der Waals surface area contributed by atoms with Crippen LogP contribution in [-0.2, 0) is 11.4 Å². The van der Waals surface area contributed by atoms with Gasteiger partial charge in [0.05, 0.1) is 17.3 Å². The number of halogens is 3. The van der Waals surface area contributed by atoms with Crippen molar-refractivity contribution in [3.63, 3.8) is 0 Å². The summed E-state index contributed by atoms with van der Waals surface area (Å²) in [6.07, 6.45) is 1.46. The topological polar surface area (TPSA) is 71.3 Å². The third kappa shape index (κ3) is 6.90. The Morgan fingerprint density at radius 2 is 1.79 bits per heavy atom. The summed E-state index contributed by atoms with van der Waals surface area (Å²) >= 11 is 18.1. The zero-order valence-electron chi connectivity index (χ0n) is 17.6. The Labute approximate surface area is 207 Å². The second-order valence-corrected chi connectivity index (χ2v) is 8.09.